The quantitative estimate of drug-likeness (QED) is 0.905. The standard InChI is InChI=1S/C18H15ClF2N2O2/c19-14-8-13(5-6-16(14)21)23-10-12(7-17(23)24)18(25)22-9-11-3-1-2-4-15(11)20/h1-6,8,12H,7,9-10H2,(H,22,25)/t12-/m0/s1. The lowest BCUT2D eigenvalue weighted by Gasteiger charge is -2.17. The Morgan fingerprint density at radius 2 is 1.96 bits per heavy atom. The van der Waals surface area contributed by atoms with Gasteiger partial charge in [-0.25, -0.2) is 8.78 Å². The van der Waals surface area contributed by atoms with Gasteiger partial charge in [0.1, 0.15) is 11.6 Å². The lowest BCUT2D eigenvalue weighted by atomic mass is 10.1. The second kappa shape index (κ2) is 7.19. The maximum Gasteiger partial charge on any atom is 0.227 e. The van der Waals surface area contributed by atoms with E-state index in [0.29, 0.717) is 11.3 Å². The van der Waals surface area contributed by atoms with Gasteiger partial charge in [0.05, 0.1) is 10.9 Å². The zero-order valence-electron chi connectivity index (χ0n) is 13.1. The number of nitrogens with zero attached hydrogens (tertiary/aromatic N) is 1. The van der Waals surface area contributed by atoms with Crippen LogP contribution in [-0.4, -0.2) is 18.4 Å². The Morgan fingerprint density at radius 3 is 2.68 bits per heavy atom. The van der Waals surface area contributed by atoms with Gasteiger partial charge < -0.3 is 10.2 Å². The number of anilines is 1. The van der Waals surface area contributed by atoms with Crippen LogP contribution < -0.4 is 10.2 Å². The first-order chi connectivity index (χ1) is 12.0. The van der Waals surface area contributed by atoms with Crippen LogP contribution in [0.15, 0.2) is 42.5 Å². The van der Waals surface area contributed by atoms with Crippen molar-refractivity contribution in [3.8, 4) is 0 Å². The Kier molecular flexibility index (Phi) is 4.99. The molecule has 0 radical (unpaired) electrons. The Hall–Kier alpha value is -2.47. The van der Waals surface area contributed by atoms with Gasteiger partial charge in [0, 0.05) is 30.8 Å². The number of benzene rings is 2. The maximum absolute atomic E-state index is 13.6. The van der Waals surface area contributed by atoms with Crippen molar-refractivity contribution in [2.45, 2.75) is 13.0 Å². The minimum Gasteiger partial charge on any atom is -0.352 e. The summed E-state index contributed by atoms with van der Waals surface area (Å²) in [5, 5.41) is 2.57. The highest BCUT2D eigenvalue weighted by Gasteiger charge is 2.35. The number of rotatable bonds is 4. The summed E-state index contributed by atoms with van der Waals surface area (Å²) in [5.74, 6) is -2.09. The minimum absolute atomic E-state index is 0.0398. The molecule has 1 saturated heterocycles. The monoisotopic (exact) mass is 364 g/mol. The van der Waals surface area contributed by atoms with E-state index in [4.69, 9.17) is 11.6 Å². The fourth-order valence-corrected chi connectivity index (χ4v) is 2.93. The van der Waals surface area contributed by atoms with Crippen LogP contribution in [0.4, 0.5) is 14.5 Å². The number of halogens is 3. The Morgan fingerprint density at radius 1 is 1.20 bits per heavy atom. The van der Waals surface area contributed by atoms with Crippen molar-refractivity contribution in [3.05, 3.63) is 64.7 Å². The average Bonchev–Trinajstić information content (AvgIpc) is 2.98. The second-order valence-corrected chi connectivity index (χ2v) is 6.22. The summed E-state index contributed by atoms with van der Waals surface area (Å²) in [6, 6.07) is 10.1. The molecule has 130 valence electrons. The molecule has 2 amide bonds. The third kappa shape index (κ3) is 3.79. The van der Waals surface area contributed by atoms with Crippen LogP contribution in [0.5, 0.6) is 0 Å². The summed E-state index contributed by atoms with van der Waals surface area (Å²) in [6.07, 6.45) is 0.0398. The van der Waals surface area contributed by atoms with Crippen LogP contribution in [0, 0.1) is 17.6 Å². The van der Waals surface area contributed by atoms with Crippen LogP contribution >= 0.6 is 11.6 Å². The van der Waals surface area contributed by atoms with Crippen molar-refractivity contribution in [3.63, 3.8) is 0 Å². The van der Waals surface area contributed by atoms with Crippen molar-refractivity contribution in [1.29, 1.82) is 0 Å². The van der Waals surface area contributed by atoms with Crippen molar-refractivity contribution in [2.75, 3.05) is 11.4 Å². The molecule has 1 fully saturated rings. The molecule has 1 heterocycles. The van der Waals surface area contributed by atoms with E-state index in [2.05, 4.69) is 5.32 Å². The van der Waals surface area contributed by atoms with Gasteiger partial charge in [-0.1, -0.05) is 29.8 Å². The molecule has 2 aromatic carbocycles. The van der Waals surface area contributed by atoms with E-state index in [0.717, 1.165) is 0 Å². The molecule has 25 heavy (non-hydrogen) atoms. The molecule has 1 N–H and O–H groups in total. The van der Waals surface area contributed by atoms with Crippen LogP contribution in [0.3, 0.4) is 0 Å². The predicted octanol–water partition coefficient (Wildman–Crippen LogP) is 3.29. The SMILES string of the molecule is O=C(NCc1ccccc1F)[C@H]1CC(=O)N(c2ccc(F)c(Cl)c2)C1. The van der Waals surface area contributed by atoms with E-state index >= 15 is 0 Å². The first-order valence-corrected chi connectivity index (χ1v) is 8.10. The van der Waals surface area contributed by atoms with E-state index in [-0.39, 0.29) is 36.3 Å². The Bertz CT molecular complexity index is 828. The molecule has 0 aromatic heterocycles. The van der Waals surface area contributed by atoms with Gasteiger partial charge in [-0.3, -0.25) is 9.59 Å². The summed E-state index contributed by atoms with van der Waals surface area (Å²) < 4.78 is 26.8. The van der Waals surface area contributed by atoms with Gasteiger partial charge in [-0.05, 0) is 24.3 Å². The average molecular weight is 365 g/mol. The molecular weight excluding hydrogens is 350 g/mol. The Balaban J connectivity index is 1.64. The first kappa shape index (κ1) is 17.4. The molecule has 0 aliphatic carbocycles. The summed E-state index contributed by atoms with van der Waals surface area (Å²) in [6.45, 7) is 0.225. The van der Waals surface area contributed by atoms with Crippen molar-refractivity contribution in [1.82, 2.24) is 5.32 Å². The van der Waals surface area contributed by atoms with Gasteiger partial charge in [0.15, 0.2) is 0 Å². The molecule has 3 rings (SSSR count). The highest BCUT2D eigenvalue weighted by atomic mass is 35.5. The third-order valence-electron chi connectivity index (χ3n) is 4.12. The zero-order valence-corrected chi connectivity index (χ0v) is 13.9. The molecule has 7 heteroatoms. The number of hydrogen-bond acceptors (Lipinski definition) is 2. The molecular formula is C18H15ClF2N2O2. The number of carbonyl (C=O) groups excluding carboxylic acids is 2. The highest BCUT2D eigenvalue weighted by Crippen LogP contribution is 2.28. The van der Waals surface area contributed by atoms with E-state index in [1.54, 1.807) is 18.2 Å². The largest absolute Gasteiger partial charge is 0.352 e. The van der Waals surface area contributed by atoms with E-state index in [1.807, 2.05) is 0 Å². The third-order valence-corrected chi connectivity index (χ3v) is 4.41. The summed E-state index contributed by atoms with van der Waals surface area (Å²) >= 11 is 5.74. The van der Waals surface area contributed by atoms with Gasteiger partial charge in [0.25, 0.3) is 0 Å². The van der Waals surface area contributed by atoms with Crippen molar-refractivity contribution >= 4 is 29.1 Å². The zero-order chi connectivity index (χ0) is 18.0. The second-order valence-electron chi connectivity index (χ2n) is 5.81. The molecule has 1 aliphatic rings. The molecule has 0 spiro atoms. The van der Waals surface area contributed by atoms with Gasteiger partial charge >= 0.3 is 0 Å². The fourth-order valence-electron chi connectivity index (χ4n) is 2.75. The highest BCUT2D eigenvalue weighted by molar-refractivity contribution is 6.31. The predicted molar refractivity (Wildman–Crippen MR) is 90.1 cm³/mol. The molecule has 4 nitrogen and oxygen atoms in total. The molecule has 1 atom stereocenters. The molecule has 0 saturated carbocycles. The fraction of sp³-hybridized carbons (Fsp3) is 0.222. The summed E-state index contributed by atoms with van der Waals surface area (Å²) in [4.78, 5) is 25.8. The number of carbonyl (C=O) groups is 2. The maximum atomic E-state index is 13.6. The molecule has 0 unspecified atom stereocenters. The van der Waals surface area contributed by atoms with Crippen LogP contribution in [0.1, 0.15) is 12.0 Å². The van der Waals surface area contributed by atoms with E-state index < -0.39 is 17.6 Å². The lowest BCUT2D eigenvalue weighted by molar-refractivity contribution is -0.126. The van der Waals surface area contributed by atoms with Gasteiger partial charge in [-0.2, -0.15) is 0 Å². The van der Waals surface area contributed by atoms with Crippen molar-refractivity contribution < 1.29 is 18.4 Å². The van der Waals surface area contributed by atoms with E-state index in [9.17, 15) is 18.4 Å². The van der Waals surface area contributed by atoms with Crippen molar-refractivity contribution in [2.24, 2.45) is 5.92 Å². The molecule has 0 bridgehead atoms. The van der Waals surface area contributed by atoms with Crippen LogP contribution in [0.2, 0.25) is 5.02 Å². The molecule has 1 aliphatic heterocycles. The first-order valence-electron chi connectivity index (χ1n) is 7.72. The number of hydrogen-bond donors (Lipinski definition) is 1. The smallest absolute Gasteiger partial charge is 0.227 e. The van der Waals surface area contributed by atoms with Gasteiger partial charge in [0.2, 0.25) is 11.8 Å². The van der Waals surface area contributed by atoms with Crippen LogP contribution in [0.25, 0.3) is 0 Å². The number of nitrogens with one attached hydrogen (secondary N) is 1. The lowest BCUT2D eigenvalue weighted by Crippen LogP contribution is -2.32. The van der Waals surface area contributed by atoms with Crippen LogP contribution in [-0.2, 0) is 16.1 Å². The summed E-state index contributed by atoms with van der Waals surface area (Å²) in [7, 11) is 0. The topological polar surface area (TPSA) is 49.4 Å². The summed E-state index contributed by atoms with van der Waals surface area (Å²) in [5.41, 5.74) is 0.822. The Labute approximate surface area is 148 Å². The van der Waals surface area contributed by atoms with E-state index in [1.165, 1.54) is 29.2 Å². The minimum atomic E-state index is -0.573. The normalized spacial score (nSPS) is 17.0. The number of amides is 2. The molecule has 2 aromatic rings. The van der Waals surface area contributed by atoms with Gasteiger partial charge in [-0.15, -0.1) is 0 Å².